The normalized spacial score (nSPS) is 26.7. The van der Waals surface area contributed by atoms with E-state index < -0.39 is 0 Å². The van der Waals surface area contributed by atoms with Crippen molar-refractivity contribution in [1.29, 1.82) is 0 Å². The van der Waals surface area contributed by atoms with E-state index in [1.54, 1.807) is 0 Å². The van der Waals surface area contributed by atoms with Crippen molar-refractivity contribution < 1.29 is 0 Å². The van der Waals surface area contributed by atoms with Crippen molar-refractivity contribution in [2.24, 2.45) is 5.92 Å². The van der Waals surface area contributed by atoms with Gasteiger partial charge in [0.2, 0.25) is 0 Å². The molecule has 3 rings (SSSR count). The molecule has 3 nitrogen and oxygen atoms in total. The third-order valence-corrected chi connectivity index (χ3v) is 5.33. The highest BCUT2D eigenvalue weighted by Gasteiger charge is 2.34. The first-order chi connectivity index (χ1) is 10.2. The summed E-state index contributed by atoms with van der Waals surface area (Å²) in [6.45, 7) is 4.49. The number of benzene rings is 1. The maximum atomic E-state index is 6.17. The van der Waals surface area contributed by atoms with Crippen LogP contribution >= 0.6 is 11.6 Å². The molecule has 0 bridgehead atoms. The molecule has 1 aromatic rings. The van der Waals surface area contributed by atoms with Gasteiger partial charge in [0.05, 0.1) is 0 Å². The molecule has 2 fully saturated rings. The molecule has 116 valence electrons. The summed E-state index contributed by atoms with van der Waals surface area (Å²) in [5.74, 6) is 0.815. The number of fused-ring (bicyclic) bond motifs is 1. The van der Waals surface area contributed by atoms with Crippen LogP contribution in [0.5, 0.6) is 0 Å². The number of halogens is 1. The Bertz CT molecular complexity index is 491. The summed E-state index contributed by atoms with van der Waals surface area (Å²) in [7, 11) is 4.29. The van der Waals surface area contributed by atoms with Gasteiger partial charge in [-0.05, 0) is 69.6 Å². The first kappa shape index (κ1) is 15.1. The average Bonchev–Trinajstić information content (AvgIpc) is 2.48. The molecule has 2 aliphatic rings. The fourth-order valence-corrected chi connectivity index (χ4v) is 4.26. The number of piperidine rings is 2. The predicted octanol–water partition coefficient (Wildman–Crippen LogP) is 2.98. The molecule has 2 unspecified atom stereocenters. The molecular weight excluding hydrogens is 282 g/mol. The topological polar surface area (TPSA) is 18.5 Å². The lowest BCUT2D eigenvalue weighted by molar-refractivity contribution is 0.102. The smallest absolute Gasteiger partial charge is 0.0412 e. The van der Waals surface area contributed by atoms with Crippen LogP contribution in [0.25, 0.3) is 0 Å². The Labute approximate surface area is 133 Å². The van der Waals surface area contributed by atoms with Gasteiger partial charge < -0.3 is 15.1 Å². The summed E-state index contributed by atoms with van der Waals surface area (Å²) in [6.07, 6.45) is 4.00. The zero-order valence-electron chi connectivity index (χ0n) is 13.1. The zero-order valence-corrected chi connectivity index (χ0v) is 13.9. The Morgan fingerprint density at radius 1 is 1.29 bits per heavy atom. The third kappa shape index (κ3) is 3.20. The van der Waals surface area contributed by atoms with Crippen molar-refractivity contribution >= 4 is 17.3 Å². The van der Waals surface area contributed by atoms with Crippen molar-refractivity contribution in [3.63, 3.8) is 0 Å². The molecule has 21 heavy (non-hydrogen) atoms. The lowest BCUT2D eigenvalue weighted by Gasteiger charge is -2.47. The maximum Gasteiger partial charge on any atom is 0.0412 e. The predicted molar refractivity (Wildman–Crippen MR) is 90.2 cm³/mol. The van der Waals surface area contributed by atoms with Gasteiger partial charge in [-0.2, -0.15) is 0 Å². The number of hydrogen-bond donors (Lipinski definition) is 1. The lowest BCUT2D eigenvalue weighted by atomic mass is 9.84. The van der Waals surface area contributed by atoms with Crippen molar-refractivity contribution in [3.05, 3.63) is 28.8 Å². The highest BCUT2D eigenvalue weighted by Crippen LogP contribution is 2.34. The molecule has 2 aliphatic heterocycles. The van der Waals surface area contributed by atoms with Crippen molar-refractivity contribution in [3.8, 4) is 0 Å². The number of hydrogen-bond acceptors (Lipinski definition) is 3. The van der Waals surface area contributed by atoms with E-state index in [2.05, 4.69) is 34.3 Å². The van der Waals surface area contributed by atoms with Gasteiger partial charge in [0.1, 0.15) is 0 Å². The summed E-state index contributed by atoms with van der Waals surface area (Å²) >= 11 is 6.17. The monoisotopic (exact) mass is 307 g/mol. The Morgan fingerprint density at radius 2 is 2.14 bits per heavy atom. The minimum Gasteiger partial charge on any atom is -0.371 e. The number of anilines is 1. The number of likely N-dealkylation sites (tertiary alicyclic amines) is 1. The van der Waals surface area contributed by atoms with Crippen LogP contribution < -0.4 is 10.2 Å². The molecule has 0 radical (unpaired) electrons. The Balaban J connectivity index is 1.79. The van der Waals surface area contributed by atoms with Crippen molar-refractivity contribution in [2.75, 3.05) is 38.6 Å². The minimum atomic E-state index is 0.787. The van der Waals surface area contributed by atoms with Gasteiger partial charge in [-0.3, -0.25) is 0 Å². The summed E-state index contributed by atoms with van der Waals surface area (Å²) < 4.78 is 0. The first-order valence-corrected chi connectivity index (χ1v) is 8.45. The van der Waals surface area contributed by atoms with Crippen LogP contribution in [0.3, 0.4) is 0 Å². The molecule has 4 heteroatoms. The van der Waals surface area contributed by atoms with E-state index >= 15 is 0 Å². The van der Waals surface area contributed by atoms with Crippen LogP contribution in [0.1, 0.15) is 24.8 Å². The van der Waals surface area contributed by atoms with Gasteiger partial charge in [-0.15, -0.1) is 0 Å². The molecule has 0 aromatic heterocycles. The average molecular weight is 308 g/mol. The second kappa shape index (κ2) is 6.55. The van der Waals surface area contributed by atoms with E-state index in [1.165, 1.54) is 43.6 Å². The van der Waals surface area contributed by atoms with Gasteiger partial charge in [-0.1, -0.05) is 11.6 Å². The Kier molecular flexibility index (Phi) is 4.72. The van der Waals surface area contributed by atoms with Crippen molar-refractivity contribution in [1.82, 2.24) is 10.2 Å². The zero-order chi connectivity index (χ0) is 14.8. The minimum absolute atomic E-state index is 0.787. The van der Waals surface area contributed by atoms with E-state index in [0.29, 0.717) is 0 Å². The van der Waals surface area contributed by atoms with Crippen molar-refractivity contribution in [2.45, 2.75) is 31.8 Å². The quantitative estimate of drug-likeness (QED) is 0.926. The molecule has 0 aliphatic carbocycles. The van der Waals surface area contributed by atoms with E-state index in [0.717, 1.165) is 30.1 Å². The van der Waals surface area contributed by atoms with Crippen LogP contribution in [-0.2, 0) is 6.54 Å². The molecule has 2 heterocycles. The maximum absolute atomic E-state index is 6.17. The molecule has 1 N–H and O–H groups in total. The first-order valence-electron chi connectivity index (χ1n) is 8.07. The van der Waals surface area contributed by atoms with Gasteiger partial charge in [0.15, 0.2) is 0 Å². The van der Waals surface area contributed by atoms with Gasteiger partial charge in [0, 0.05) is 36.4 Å². The molecule has 2 atom stereocenters. The van der Waals surface area contributed by atoms with Crippen LogP contribution in [0, 0.1) is 5.92 Å². The fraction of sp³-hybridized carbons (Fsp3) is 0.647. The molecular formula is C17H26ClN3. The molecule has 2 saturated heterocycles. The van der Waals surface area contributed by atoms with Crippen LogP contribution in [0.15, 0.2) is 18.2 Å². The SMILES string of the molecule is CNCc1cc(Cl)ccc1N1CCC2C(CCCN2C)C1. The number of rotatable bonds is 3. The fourth-order valence-electron chi connectivity index (χ4n) is 4.07. The van der Waals surface area contributed by atoms with E-state index in [-0.39, 0.29) is 0 Å². The second-order valence-electron chi connectivity index (χ2n) is 6.49. The number of nitrogens with one attached hydrogen (secondary N) is 1. The molecule has 0 saturated carbocycles. The standard InChI is InChI=1S/C17H26ClN3/c1-19-11-14-10-15(18)5-6-17(14)21-9-7-16-13(12-21)4-3-8-20(16)2/h5-6,10,13,16,19H,3-4,7-9,11-12H2,1-2H3. The molecule has 0 amide bonds. The summed E-state index contributed by atoms with van der Waals surface area (Å²) in [5, 5.41) is 4.09. The summed E-state index contributed by atoms with van der Waals surface area (Å²) in [6, 6.07) is 7.11. The van der Waals surface area contributed by atoms with Gasteiger partial charge in [0.25, 0.3) is 0 Å². The van der Waals surface area contributed by atoms with E-state index in [9.17, 15) is 0 Å². The molecule has 1 aromatic carbocycles. The third-order valence-electron chi connectivity index (χ3n) is 5.10. The highest BCUT2D eigenvalue weighted by atomic mass is 35.5. The molecule has 0 spiro atoms. The largest absolute Gasteiger partial charge is 0.371 e. The Morgan fingerprint density at radius 3 is 2.95 bits per heavy atom. The van der Waals surface area contributed by atoms with E-state index in [1.807, 2.05) is 13.1 Å². The van der Waals surface area contributed by atoms with E-state index in [4.69, 9.17) is 11.6 Å². The lowest BCUT2D eigenvalue weighted by Crippen LogP contribution is -2.52. The highest BCUT2D eigenvalue weighted by molar-refractivity contribution is 6.30. The van der Waals surface area contributed by atoms with Gasteiger partial charge in [-0.25, -0.2) is 0 Å². The van der Waals surface area contributed by atoms with Crippen LogP contribution in [0.2, 0.25) is 5.02 Å². The number of nitrogens with zero attached hydrogens (tertiary/aromatic N) is 2. The van der Waals surface area contributed by atoms with Crippen LogP contribution in [-0.4, -0.2) is 44.7 Å². The van der Waals surface area contributed by atoms with Crippen LogP contribution in [0.4, 0.5) is 5.69 Å². The second-order valence-corrected chi connectivity index (χ2v) is 6.92. The summed E-state index contributed by atoms with van der Waals surface area (Å²) in [4.78, 5) is 5.14. The summed E-state index contributed by atoms with van der Waals surface area (Å²) in [5.41, 5.74) is 2.67. The Hall–Kier alpha value is -0.770. The van der Waals surface area contributed by atoms with Gasteiger partial charge >= 0.3 is 0 Å².